The van der Waals surface area contributed by atoms with Crippen LogP contribution in [0.3, 0.4) is 0 Å². The first-order valence-corrected chi connectivity index (χ1v) is 7.24. The van der Waals surface area contributed by atoms with Gasteiger partial charge in [-0.2, -0.15) is 0 Å². The average molecular weight is 277 g/mol. The number of fused-ring (bicyclic) bond motifs is 1. The molecule has 1 aromatic carbocycles. The number of nitrogen functional groups attached to an aromatic ring is 1. The molecule has 2 aliphatic heterocycles. The summed E-state index contributed by atoms with van der Waals surface area (Å²) in [7, 11) is 0. The Morgan fingerprint density at radius 3 is 2.95 bits per heavy atom. The fourth-order valence-electron chi connectivity index (χ4n) is 3.23. The number of nitrogens with two attached hydrogens (primary N) is 1. The number of carbonyl (C=O) groups is 1. The van der Waals surface area contributed by atoms with E-state index in [0.29, 0.717) is 12.6 Å². The molecule has 4 nitrogen and oxygen atoms in total. The molecule has 0 aliphatic carbocycles. The van der Waals surface area contributed by atoms with Gasteiger partial charge < -0.3 is 10.6 Å². The van der Waals surface area contributed by atoms with Crippen molar-refractivity contribution in [3.05, 3.63) is 29.6 Å². The lowest BCUT2D eigenvalue weighted by Crippen LogP contribution is -2.56. The molecule has 0 saturated carbocycles. The van der Waals surface area contributed by atoms with Gasteiger partial charge in [0.1, 0.15) is 5.82 Å². The number of benzene rings is 1. The summed E-state index contributed by atoms with van der Waals surface area (Å²) in [6.45, 7) is 3.47. The van der Waals surface area contributed by atoms with Crippen LogP contribution < -0.4 is 5.73 Å². The molecule has 0 spiro atoms. The van der Waals surface area contributed by atoms with Gasteiger partial charge in [0, 0.05) is 25.7 Å². The van der Waals surface area contributed by atoms with Crippen molar-refractivity contribution in [2.75, 3.05) is 31.9 Å². The first-order valence-electron chi connectivity index (χ1n) is 7.24. The predicted octanol–water partition coefficient (Wildman–Crippen LogP) is 1.72. The molecular weight excluding hydrogens is 257 g/mol. The molecule has 1 amide bonds. The van der Waals surface area contributed by atoms with Crippen LogP contribution >= 0.6 is 0 Å². The van der Waals surface area contributed by atoms with Crippen molar-refractivity contribution < 1.29 is 9.18 Å². The highest BCUT2D eigenvalue weighted by Gasteiger charge is 2.32. The van der Waals surface area contributed by atoms with Gasteiger partial charge in [0.25, 0.3) is 5.91 Å². The molecule has 0 radical (unpaired) electrons. The molecule has 108 valence electrons. The summed E-state index contributed by atoms with van der Waals surface area (Å²) in [6.07, 6.45) is 3.62. The molecule has 0 bridgehead atoms. The maximum atomic E-state index is 13.5. The third-order valence-electron chi connectivity index (χ3n) is 4.41. The standard InChI is InChI=1S/C15H20FN3O/c16-13-6-3-5-12(14(13)17)15(20)19-9-8-18-7-2-1-4-11(18)10-19/h3,5-6,11H,1-2,4,7-10,17H2. The Morgan fingerprint density at radius 2 is 2.10 bits per heavy atom. The highest BCUT2D eigenvalue weighted by molar-refractivity contribution is 5.99. The van der Waals surface area contributed by atoms with Gasteiger partial charge >= 0.3 is 0 Å². The van der Waals surface area contributed by atoms with Crippen LogP contribution in [0.2, 0.25) is 0 Å². The summed E-state index contributed by atoms with van der Waals surface area (Å²) >= 11 is 0. The SMILES string of the molecule is Nc1c(F)cccc1C(=O)N1CCN2CCCCC2C1. The summed E-state index contributed by atoms with van der Waals surface area (Å²) in [5.41, 5.74) is 5.94. The Kier molecular flexibility index (Phi) is 3.61. The fourth-order valence-corrected chi connectivity index (χ4v) is 3.23. The Morgan fingerprint density at radius 1 is 1.25 bits per heavy atom. The zero-order valence-electron chi connectivity index (χ0n) is 11.5. The summed E-state index contributed by atoms with van der Waals surface area (Å²) in [5.74, 6) is -0.667. The number of piperazine rings is 1. The van der Waals surface area contributed by atoms with Gasteiger partial charge in [0.2, 0.25) is 0 Å². The first-order chi connectivity index (χ1) is 9.66. The van der Waals surface area contributed by atoms with Crippen molar-refractivity contribution >= 4 is 11.6 Å². The molecule has 20 heavy (non-hydrogen) atoms. The summed E-state index contributed by atoms with van der Waals surface area (Å²) < 4.78 is 13.5. The number of para-hydroxylation sites is 1. The number of piperidine rings is 1. The van der Waals surface area contributed by atoms with Crippen molar-refractivity contribution in [1.29, 1.82) is 0 Å². The van der Waals surface area contributed by atoms with Gasteiger partial charge in [-0.05, 0) is 31.5 Å². The lowest BCUT2D eigenvalue weighted by Gasteiger charge is -2.44. The Bertz CT molecular complexity index is 520. The number of nitrogens with zero attached hydrogens (tertiary/aromatic N) is 2. The third kappa shape index (κ3) is 2.38. The van der Waals surface area contributed by atoms with E-state index in [4.69, 9.17) is 5.73 Å². The molecular formula is C15H20FN3O. The highest BCUT2D eigenvalue weighted by atomic mass is 19.1. The van der Waals surface area contributed by atoms with Gasteiger partial charge in [-0.25, -0.2) is 4.39 Å². The number of amides is 1. The minimum atomic E-state index is -0.521. The molecule has 1 aromatic rings. The smallest absolute Gasteiger partial charge is 0.256 e. The number of anilines is 1. The zero-order valence-corrected chi connectivity index (χ0v) is 11.5. The van der Waals surface area contributed by atoms with Crippen LogP contribution in [0.1, 0.15) is 29.6 Å². The number of hydrogen-bond acceptors (Lipinski definition) is 3. The molecule has 2 heterocycles. The molecule has 0 aromatic heterocycles. The molecule has 2 saturated heterocycles. The van der Waals surface area contributed by atoms with Crippen LogP contribution in [-0.4, -0.2) is 47.9 Å². The maximum absolute atomic E-state index is 13.5. The van der Waals surface area contributed by atoms with Crippen LogP contribution in [0.15, 0.2) is 18.2 Å². The monoisotopic (exact) mass is 277 g/mol. The van der Waals surface area contributed by atoms with Crippen LogP contribution in [0, 0.1) is 5.82 Å². The Hall–Kier alpha value is -1.62. The first kappa shape index (κ1) is 13.4. The average Bonchev–Trinajstić information content (AvgIpc) is 2.49. The minimum absolute atomic E-state index is 0.0384. The summed E-state index contributed by atoms with van der Waals surface area (Å²) in [6, 6.07) is 4.88. The van der Waals surface area contributed by atoms with Crippen molar-refractivity contribution in [2.24, 2.45) is 0 Å². The topological polar surface area (TPSA) is 49.6 Å². The number of rotatable bonds is 1. The van der Waals surface area contributed by atoms with Gasteiger partial charge in [-0.15, -0.1) is 0 Å². The van der Waals surface area contributed by atoms with E-state index < -0.39 is 5.82 Å². The Labute approximate surface area is 118 Å². The van der Waals surface area contributed by atoms with Gasteiger partial charge in [-0.1, -0.05) is 12.5 Å². The van der Waals surface area contributed by atoms with Crippen molar-refractivity contribution in [3.8, 4) is 0 Å². The summed E-state index contributed by atoms with van der Waals surface area (Å²) in [5, 5.41) is 0. The van der Waals surface area contributed by atoms with E-state index in [-0.39, 0.29) is 17.2 Å². The van der Waals surface area contributed by atoms with E-state index in [1.165, 1.54) is 25.0 Å². The zero-order chi connectivity index (χ0) is 14.1. The van der Waals surface area contributed by atoms with Crippen LogP contribution in [-0.2, 0) is 0 Å². The third-order valence-corrected chi connectivity index (χ3v) is 4.41. The van der Waals surface area contributed by atoms with E-state index in [1.807, 2.05) is 4.90 Å². The van der Waals surface area contributed by atoms with Gasteiger partial charge in [0.05, 0.1) is 11.3 Å². The number of carbonyl (C=O) groups excluding carboxylic acids is 1. The minimum Gasteiger partial charge on any atom is -0.396 e. The second kappa shape index (κ2) is 5.40. The molecule has 5 heteroatoms. The van der Waals surface area contributed by atoms with E-state index in [1.54, 1.807) is 6.07 Å². The fraction of sp³-hybridized carbons (Fsp3) is 0.533. The highest BCUT2D eigenvalue weighted by Crippen LogP contribution is 2.24. The van der Waals surface area contributed by atoms with Crippen molar-refractivity contribution in [3.63, 3.8) is 0 Å². The van der Waals surface area contributed by atoms with E-state index in [9.17, 15) is 9.18 Å². The van der Waals surface area contributed by atoms with E-state index in [2.05, 4.69) is 4.90 Å². The number of halogens is 1. The van der Waals surface area contributed by atoms with Crippen molar-refractivity contribution in [2.45, 2.75) is 25.3 Å². The van der Waals surface area contributed by atoms with Crippen molar-refractivity contribution in [1.82, 2.24) is 9.80 Å². The van der Waals surface area contributed by atoms with Gasteiger partial charge in [0.15, 0.2) is 0 Å². The second-order valence-electron chi connectivity index (χ2n) is 5.64. The maximum Gasteiger partial charge on any atom is 0.256 e. The molecule has 2 fully saturated rings. The molecule has 1 atom stereocenters. The van der Waals surface area contributed by atoms with Gasteiger partial charge in [-0.3, -0.25) is 9.69 Å². The van der Waals surface area contributed by atoms with E-state index in [0.717, 1.165) is 26.1 Å². The van der Waals surface area contributed by atoms with Crippen LogP contribution in [0.25, 0.3) is 0 Å². The molecule has 1 unspecified atom stereocenters. The summed E-state index contributed by atoms with van der Waals surface area (Å²) in [4.78, 5) is 16.8. The molecule has 2 N–H and O–H groups in total. The normalized spacial score (nSPS) is 23.4. The van der Waals surface area contributed by atoms with Crippen LogP contribution in [0.5, 0.6) is 0 Å². The molecule has 2 aliphatic rings. The van der Waals surface area contributed by atoms with Crippen LogP contribution in [0.4, 0.5) is 10.1 Å². The largest absolute Gasteiger partial charge is 0.396 e. The van der Waals surface area contributed by atoms with E-state index >= 15 is 0 Å². The quantitative estimate of drug-likeness (QED) is 0.795. The molecule has 3 rings (SSSR count). The lowest BCUT2D eigenvalue weighted by molar-refractivity contribution is 0.0373. The number of hydrogen-bond donors (Lipinski definition) is 1. The second-order valence-corrected chi connectivity index (χ2v) is 5.64. The lowest BCUT2D eigenvalue weighted by atomic mass is 9.99. The predicted molar refractivity (Wildman–Crippen MR) is 75.9 cm³/mol. The Balaban J connectivity index is 1.76.